The molecule has 4 fully saturated rings. The van der Waals surface area contributed by atoms with E-state index < -0.39 is 0 Å². The van der Waals surface area contributed by atoms with Crippen LogP contribution in [0.5, 0.6) is 0 Å². The van der Waals surface area contributed by atoms with E-state index in [-0.39, 0.29) is 74.0 Å². The van der Waals surface area contributed by atoms with Gasteiger partial charge in [-0.3, -0.25) is 9.80 Å². The van der Waals surface area contributed by atoms with E-state index in [4.69, 9.17) is 28.4 Å². The highest BCUT2D eigenvalue weighted by atomic mass is 16.6. The average Bonchev–Trinajstić information content (AvgIpc) is 3.97. The van der Waals surface area contributed by atoms with E-state index in [1.54, 1.807) is 0 Å². The minimum atomic E-state index is -0.334. The molecule has 8 rings (SSSR count). The van der Waals surface area contributed by atoms with Crippen LogP contribution in [0.3, 0.4) is 0 Å². The van der Waals surface area contributed by atoms with Crippen LogP contribution in [0, 0.1) is 0 Å². The lowest BCUT2D eigenvalue weighted by Gasteiger charge is -2.27. The number of hydrogen-bond donors (Lipinski definition) is 0. The maximum absolute atomic E-state index is 13.1. The maximum atomic E-state index is 13.1. The van der Waals surface area contributed by atoms with Crippen molar-refractivity contribution in [2.75, 3.05) is 13.2 Å². The van der Waals surface area contributed by atoms with E-state index in [1.807, 2.05) is 131 Å². The number of benzene rings is 4. The predicted octanol–water partition coefficient (Wildman–Crippen LogP) is 7.85. The number of ether oxygens (including phenoxy) is 6. The zero-order valence-corrected chi connectivity index (χ0v) is 31.6. The second-order valence-corrected chi connectivity index (χ2v) is 14.9. The minimum Gasteiger partial charge on any atom is -0.447 e. The van der Waals surface area contributed by atoms with Crippen LogP contribution in [0.15, 0.2) is 133 Å². The zero-order chi connectivity index (χ0) is 38.1. The molecule has 0 radical (unpaired) electrons. The topological polar surface area (TPSA) is 96.0 Å². The Kier molecular flexibility index (Phi) is 12.4. The highest BCUT2D eigenvalue weighted by molar-refractivity contribution is 5.72. The van der Waals surface area contributed by atoms with Crippen molar-refractivity contribution in [3.63, 3.8) is 0 Å². The Bertz CT molecular complexity index is 1740. The van der Waals surface area contributed by atoms with E-state index in [2.05, 4.69) is 12.2 Å². The number of cyclic esters (lactones) is 2. The predicted molar refractivity (Wildman–Crippen MR) is 209 cm³/mol. The first-order valence-electron chi connectivity index (χ1n) is 19.8. The molecule has 4 saturated heterocycles. The van der Waals surface area contributed by atoms with E-state index in [1.165, 1.54) is 0 Å². The number of amides is 2. The molecule has 10 nitrogen and oxygen atoms in total. The second-order valence-electron chi connectivity index (χ2n) is 14.9. The molecule has 0 saturated carbocycles. The van der Waals surface area contributed by atoms with Crippen molar-refractivity contribution in [3.05, 3.63) is 156 Å². The third-order valence-corrected chi connectivity index (χ3v) is 11.3. The molecule has 56 heavy (non-hydrogen) atoms. The molecule has 0 N–H and O–H groups in total. The van der Waals surface area contributed by atoms with Gasteiger partial charge < -0.3 is 28.4 Å². The normalized spacial score (nSPS) is 26.8. The fourth-order valence-corrected chi connectivity index (χ4v) is 8.62. The lowest BCUT2D eigenvalue weighted by molar-refractivity contribution is -0.0830. The lowest BCUT2D eigenvalue weighted by atomic mass is 10.0. The fourth-order valence-electron chi connectivity index (χ4n) is 8.62. The summed E-state index contributed by atoms with van der Waals surface area (Å²) in [7, 11) is 0. The van der Waals surface area contributed by atoms with Gasteiger partial charge in [-0.2, -0.15) is 0 Å². The van der Waals surface area contributed by atoms with E-state index >= 15 is 0 Å². The van der Waals surface area contributed by atoms with Gasteiger partial charge in [0, 0.05) is 0 Å². The summed E-state index contributed by atoms with van der Waals surface area (Å²) < 4.78 is 37.5. The average molecular weight is 759 g/mol. The molecule has 8 atom stereocenters. The Morgan fingerprint density at radius 2 is 0.768 bits per heavy atom. The van der Waals surface area contributed by atoms with Crippen LogP contribution in [0.25, 0.3) is 0 Å². The summed E-state index contributed by atoms with van der Waals surface area (Å²) in [5.74, 6) is 0. The number of carbonyl (C=O) groups is 2. The van der Waals surface area contributed by atoms with Gasteiger partial charge in [0.15, 0.2) is 0 Å². The van der Waals surface area contributed by atoms with Crippen LogP contribution >= 0.6 is 0 Å². The van der Waals surface area contributed by atoms with Gasteiger partial charge >= 0.3 is 12.2 Å². The van der Waals surface area contributed by atoms with Gasteiger partial charge in [0.05, 0.1) is 50.6 Å². The van der Waals surface area contributed by atoms with Crippen molar-refractivity contribution < 1.29 is 38.0 Å². The molecular formula is C46H50N2O8. The molecule has 4 heterocycles. The molecule has 4 aromatic rings. The number of carbonyl (C=O) groups excluding carboxylic acids is 2. The summed E-state index contributed by atoms with van der Waals surface area (Å²) in [4.78, 5) is 30.0. The summed E-state index contributed by atoms with van der Waals surface area (Å²) in [6.07, 6.45) is 5.23. The standard InChI is InChI=1S/C46H50N2O8/c49-45-47-37(41(51-27-33-17-7-3-8-18-33)43(39(47)31-55-45)53-29-35-21-11-5-12-22-35)25-15-1-2-16-26-38-42(52-28-34-19-9-4-10-20-34)44(40-32-56-46(50)48(38)40)54-30-36-23-13-6-14-24-36/h1-14,17-24,37-44H,15-16,25-32H2/b2-1+/t37-,38-,39-,40-,41-,42-,43-,44-/m1/s1. The van der Waals surface area contributed by atoms with Crippen LogP contribution in [0.4, 0.5) is 9.59 Å². The number of nitrogens with zero attached hydrogens (tertiary/aromatic N) is 2. The van der Waals surface area contributed by atoms with Crippen LogP contribution < -0.4 is 0 Å². The maximum Gasteiger partial charge on any atom is 0.410 e. The van der Waals surface area contributed by atoms with E-state index in [9.17, 15) is 9.59 Å². The summed E-state index contributed by atoms with van der Waals surface area (Å²) in [6, 6.07) is 39.4. The van der Waals surface area contributed by atoms with Gasteiger partial charge in [0.1, 0.15) is 37.6 Å². The quantitative estimate of drug-likeness (QED) is 0.0948. The second kappa shape index (κ2) is 18.3. The van der Waals surface area contributed by atoms with Crippen molar-refractivity contribution in [1.29, 1.82) is 0 Å². The Hall–Kier alpha value is -5.00. The number of fused-ring (bicyclic) bond motifs is 2. The largest absolute Gasteiger partial charge is 0.447 e. The highest BCUT2D eigenvalue weighted by Gasteiger charge is 2.57. The van der Waals surface area contributed by atoms with Crippen molar-refractivity contribution in [1.82, 2.24) is 9.80 Å². The van der Waals surface area contributed by atoms with Gasteiger partial charge in [0.2, 0.25) is 0 Å². The number of allylic oxidation sites excluding steroid dienone is 2. The van der Waals surface area contributed by atoms with Crippen LogP contribution in [0.1, 0.15) is 47.9 Å². The van der Waals surface area contributed by atoms with Gasteiger partial charge in [-0.15, -0.1) is 0 Å². The fraction of sp³-hybridized carbons (Fsp3) is 0.391. The minimum absolute atomic E-state index is 0.211. The van der Waals surface area contributed by atoms with Crippen LogP contribution in [-0.2, 0) is 54.8 Å². The van der Waals surface area contributed by atoms with Crippen LogP contribution in [0.2, 0.25) is 0 Å². The van der Waals surface area contributed by atoms with Gasteiger partial charge in [-0.25, -0.2) is 9.59 Å². The Labute approximate surface area is 328 Å². The molecule has 0 spiro atoms. The molecule has 0 aromatic heterocycles. The van der Waals surface area contributed by atoms with Crippen molar-refractivity contribution in [2.45, 2.75) is 101 Å². The molecule has 10 heteroatoms. The van der Waals surface area contributed by atoms with Gasteiger partial charge in [0.25, 0.3) is 0 Å². The molecule has 0 bridgehead atoms. The first-order valence-corrected chi connectivity index (χ1v) is 19.8. The molecule has 0 unspecified atom stereocenters. The Balaban J connectivity index is 0.933. The molecule has 292 valence electrons. The molecule has 4 aliphatic heterocycles. The third-order valence-electron chi connectivity index (χ3n) is 11.3. The van der Waals surface area contributed by atoms with Gasteiger partial charge in [-0.05, 0) is 47.9 Å². The SMILES string of the molecule is O=C1OC[C@@H]2[C@@H](OCc3ccccc3)[C@H](OCc3ccccc3)[C@@H](CC/C=C/CC[C@@H]3[C@@H](OCc4ccccc4)[C@H](OCc4ccccc4)[C@H]4COC(=O)N34)N12. The van der Waals surface area contributed by atoms with E-state index in [0.717, 1.165) is 35.1 Å². The lowest BCUT2D eigenvalue weighted by Crippen LogP contribution is -2.40. The van der Waals surface area contributed by atoms with Crippen molar-refractivity contribution >= 4 is 12.2 Å². The first-order chi connectivity index (χ1) is 27.6. The monoisotopic (exact) mass is 758 g/mol. The molecule has 0 aliphatic carbocycles. The third kappa shape index (κ3) is 8.69. The molecule has 4 aromatic carbocycles. The summed E-state index contributed by atoms with van der Waals surface area (Å²) in [6.45, 7) is 2.24. The molecular weight excluding hydrogens is 709 g/mol. The molecule has 4 aliphatic rings. The van der Waals surface area contributed by atoms with Crippen molar-refractivity contribution in [3.8, 4) is 0 Å². The molecule has 2 amide bonds. The summed E-state index contributed by atoms with van der Waals surface area (Å²) in [5, 5.41) is 0. The van der Waals surface area contributed by atoms with Crippen LogP contribution in [-0.4, -0.2) is 83.8 Å². The number of rotatable bonds is 18. The Morgan fingerprint density at radius 1 is 0.464 bits per heavy atom. The van der Waals surface area contributed by atoms with Crippen molar-refractivity contribution in [2.24, 2.45) is 0 Å². The van der Waals surface area contributed by atoms with E-state index in [0.29, 0.717) is 39.3 Å². The smallest absolute Gasteiger partial charge is 0.410 e. The number of hydrogen-bond acceptors (Lipinski definition) is 8. The summed E-state index contributed by atoms with van der Waals surface area (Å²) >= 11 is 0. The first kappa shape index (κ1) is 37.9. The zero-order valence-electron chi connectivity index (χ0n) is 31.6. The van der Waals surface area contributed by atoms with Gasteiger partial charge in [-0.1, -0.05) is 133 Å². The Morgan fingerprint density at radius 3 is 1.09 bits per heavy atom. The highest BCUT2D eigenvalue weighted by Crippen LogP contribution is 2.39. The summed E-state index contributed by atoms with van der Waals surface area (Å²) in [5.41, 5.74) is 4.26.